The monoisotopic (exact) mass is 161 g/mol. The van der Waals surface area contributed by atoms with Crippen molar-refractivity contribution >= 4 is 0 Å². The number of aliphatic hydroxyl groups excluding tert-OH is 1. The van der Waals surface area contributed by atoms with Crippen LogP contribution in [0.1, 0.15) is 22.8 Å². The van der Waals surface area contributed by atoms with Crippen LogP contribution in [-0.2, 0) is 0 Å². The number of nitriles is 1. The minimum atomic E-state index is -0.995. The quantitative estimate of drug-likeness (QED) is 0.639. The largest absolute Gasteiger partial charge is 0.374 e. The maximum Gasteiger partial charge on any atom is 0.166 e. The van der Waals surface area contributed by atoms with Crippen molar-refractivity contribution in [1.82, 2.24) is 0 Å². The van der Waals surface area contributed by atoms with Crippen LogP contribution in [0, 0.1) is 25.2 Å². The number of aryl methyl sites for hydroxylation is 2. The van der Waals surface area contributed by atoms with E-state index in [4.69, 9.17) is 5.26 Å². The second-order valence-electron chi connectivity index (χ2n) is 2.89. The van der Waals surface area contributed by atoms with Crippen molar-refractivity contribution in [2.24, 2.45) is 0 Å². The van der Waals surface area contributed by atoms with Crippen molar-refractivity contribution in [2.75, 3.05) is 0 Å². The fourth-order valence-electron chi connectivity index (χ4n) is 1.12. The van der Waals surface area contributed by atoms with Gasteiger partial charge in [0, 0.05) is 0 Å². The minimum absolute atomic E-state index is 0.706. The smallest absolute Gasteiger partial charge is 0.166 e. The highest BCUT2D eigenvalue weighted by Crippen LogP contribution is 2.17. The van der Waals surface area contributed by atoms with Gasteiger partial charge in [-0.2, -0.15) is 5.26 Å². The molecule has 1 aromatic rings. The number of aliphatic hydroxyl groups is 1. The predicted molar refractivity (Wildman–Crippen MR) is 46.5 cm³/mol. The molecule has 2 nitrogen and oxygen atoms in total. The Morgan fingerprint density at radius 2 is 2.08 bits per heavy atom. The van der Waals surface area contributed by atoms with E-state index >= 15 is 0 Å². The summed E-state index contributed by atoms with van der Waals surface area (Å²) in [6.45, 7) is 3.82. The summed E-state index contributed by atoms with van der Waals surface area (Å²) in [5.41, 5.74) is 2.72. The van der Waals surface area contributed by atoms with Crippen LogP contribution in [0.3, 0.4) is 0 Å². The molecule has 12 heavy (non-hydrogen) atoms. The Balaban J connectivity index is 3.15. The molecular weight excluding hydrogens is 150 g/mol. The van der Waals surface area contributed by atoms with E-state index in [1.807, 2.05) is 32.0 Å². The van der Waals surface area contributed by atoms with Crippen molar-refractivity contribution in [3.63, 3.8) is 0 Å². The van der Waals surface area contributed by atoms with E-state index in [2.05, 4.69) is 0 Å². The molecule has 1 rings (SSSR count). The first kappa shape index (κ1) is 8.76. The van der Waals surface area contributed by atoms with Crippen LogP contribution in [-0.4, -0.2) is 5.11 Å². The lowest BCUT2D eigenvalue weighted by molar-refractivity contribution is 0.235. The molecule has 0 aliphatic carbocycles. The first-order chi connectivity index (χ1) is 5.65. The topological polar surface area (TPSA) is 44.0 Å². The highest BCUT2D eigenvalue weighted by Gasteiger charge is 2.07. The summed E-state index contributed by atoms with van der Waals surface area (Å²) < 4.78 is 0. The molecule has 0 spiro atoms. The van der Waals surface area contributed by atoms with Crippen LogP contribution in [0.4, 0.5) is 0 Å². The average Bonchev–Trinajstić information content (AvgIpc) is 2.08. The van der Waals surface area contributed by atoms with Gasteiger partial charge in [-0.25, -0.2) is 0 Å². The molecule has 0 heterocycles. The average molecular weight is 161 g/mol. The second kappa shape index (κ2) is 3.38. The van der Waals surface area contributed by atoms with Crippen LogP contribution in [0.15, 0.2) is 18.2 Å². The third-order valence-electron chi connectivity index (χ3n) is 1.85. The molecule has 0 saturated carbocycles. The fraction of sp³-hybridized carbons (Fsp3) is 0.300. The van der Waals surface area contributed by atoms with Gasteiger partial charge in [0.1, 0.15) is 0 Å². The molecule has 62 valence electrons. The molecule has 0 aliphatic rings. The fourth-order valence-corrected chi connectivity index (χ4v) is 1.12. The Morgan fingerprint density at radius 3 is 2.67 bits per heavy atom. The predicted octanol–water partition coefficient (Wildman–Crippen LogP) is 1.86. The lowest BCUT2D eigenvalue weighted by Gasteiger charge is -2.06. The standard InChI is InChI=1S/C10H11NO/c1-7-3-4-8(2)9(5-7)10(12)6-11/h3-5,10,12H,1-2H3. The number of hydrogen-bond acceptors (Lipinski definition) is 2. The molecule has 1 N–H and O–H groups in total. The summed E-state index contributed by atoms with van der Waals surface area (Å²) in [6.07, 6.45) is -0.995. The van der Waals surface area contributed by atoms with E-state index < -0.39 is 6.10 Å². The van der Waals surface area contributed by atoms with Crippen LogP contribution in [0.5, 0.6) is 0 Å². The number of hydrogen-bond donors (Lipinski definition) is 1. The Labute approximate surface area is 72.1 Å². The van der Waals surface area contributed by atoms with E-state index in [-0.39, 0.29) is 0 Å². The number of benzene rings is 1. The van der Waals surface area contributed by atoms with Crippen LogP contribution >= 0.6 is 0 Å². The van der Waals surface area contributed by atoms with Gasteiger partial charge in [0.2, 0.25) is 0 Å². The van der Waals surface area contributed by atoms with Gasteiger partial charge in [-0.05, 0) is 25.0 Å². The third kappa shape index (κ3) is 1.63. The van der Waals surface area contributed by atoms with Gasteiger partial charge in [-0.1, -0.05) is 23.8 Å². The minimum Gasteiger partial charge on any atom is -0.374 e. The Morgan fingerprint density at radius 1 is 1.42 bits per heavy atom. The van der Waals surface area contributed by atoms with Crippen molar-refractivity contribution in [3.8, 4) is 6.07 Å². The molecule has 0 bridgehead atoms. The van der Waals surface area contributed by atoms with Gasteiger partial charge < -0.3 is 5.11 Å². The zero-order chi connectivity index (χ0) is 9.14. The first-order valence-corrected chi connectivity index (χ1v) is 3.80. The molecule has 0 radical (unpaired) electrons. The summed E-state index contributed by atoms with van der Waals surface area (Å²) in [5, 5.41) is 17.8. The van der Waals surface area contributed by atoms with Crippen molar-refractivity contribution in [3.05, 3.63) is 34.9 Å². The molecule has 0 fully saturated rings. The molecule has 0 aromatic heterocycles. The van der Waals surface area contributed by atoms with Crippen LogP contribution in [0.2, 0.25) is 0 Å². The zero-order valence-electron chi connectivity index (χ0n) is 7.20. The maximum atomic E-state index is 9.27. The van der Waals surface area contributed by atoms with Crippen LogP contribution < -0.4 is 0 Å². The lowest BCUT2D eigenvalue weighted by Crippen LogP contribution is -1.96. The van der Waals surface area contributed by atoms with Crippen molar-refractivity contribution in [1.29, 1.82) is 5.26 Å². The van der Waals surface area contributed by atoms with E-state index in [1.54, 1.807) is 6.07 Å². The van der Waals surface area contributed by atoms with Gasteiger partial charge in [0.15, 0.2) is 6.10 Å². The summed E-state index contributed by atoms with van der Waals surface area (Å²) in [7, 11) is 0. The SMILES string of the molecule is Cc1ccc(C)c(C(O)C#N)c1. The molecular formula is C10H11NO. The summed E-state index contributed by atoms with van der Waals surface area (Å²) in [6, 6.07) is 7.51. The van der Waals surface area contributed by atoms with E-state index in [0.717, 1.165) is 11.1 Å². The Kier molecular flexibility index (Phi) is 2.47. The molecule has 1 aromatic carbocycles. The first-order valence-electron chi connectivity index (χ1n) is 3.80. The van der Waals surface area contributed by atoms with Gasteiger partial charge >= 0.3 is 0 Å². The van der Waals surface area contributed by atoms with Gasteiger partial charge in [0.25, 0.3) is 0 Å². The summed E-state index contributed by atoms with van der Waals surface area (Å²) in [4.78, 5) is 0. The Hall–Kier alpha value is -1.33. The van der Waals surface area contributed by atoms with Crippen molar-refractivity contribution < 1.29 is 5.11 Å². The molecule has 1 atom stereocenters. The third-order valence-corrected chi connectivity index (χ3v) is 1.85. The van der Waals surface area contributed by atoms with E-state index in [0.29, 0.717) is 5.56 Å². The van der Waals surface area contributed by atoms with E-state index in [1.165, 1.54) is 0 Å². The van der Waals surface area contributed by atoms with Gasteiger partial charge in [0.05, 0.1) is 6.07 Å². The Bertz CT molecular complexity index is 325. The van der Waals surface area contributed by atoms with Crippen LogP contribution in [0.25, 0.3) is 0 Å². The molecule has 0 amide bonds. The molecule has 2 heteroatoms. The van der Waals surface area contributed by atoms with Crippen molar-refractivity contribution in [2.45, 2.75) is 20.0 Å². The summed E-state index contributed by atoms with van der Waals surface area (Å²) >= 11 is 0. The molecule has 0 saturated heterocycles. The second-order valence-corrected chi connectivity index (χ2v) is 2.89. The zero-order valence-corrected chi connectivity index (χ0v) is 7.20. The lowest BCUT2D eigenvalue weighted by atomic mass is 10.0. The highest BCUT2D eigenvalue weighted by molar-refractivity contribution is 5.34. The maximum absolute atomic E-state index is 9.27. The normalized spacial score (nSPS) is 12.2. The number of rotatable bonds is 1. The molecule has 0 aliphatic heterocycles. The van der Waals surface area contributed by atoms with Gasteiger partial charge in [-0.15, -0.1) is 0 Å². The highest BCUT2D eigenvalue weighted by atomic mass is 16.3. The van der Waals surface area contributed by atoms with E-state index in [9.17, 15) is 5.11 Å². The number of nitrogens with zero attached hydrogens (tertiary/aromatic N) is 1. The molecule has 1 unspecified atom stereocenters. The van der Waals surface area contributed by atoms with Gasteiger partial charge in [-0.3, -0.25) is 0 Å². The summed E-state index contributed by atoms with van der Waals surface area (Å²) in [5.74, 6) is 0.